The van der Waals surface area contributed by atoms with E-state index < -0.39 is 0 Å². The number of carbonyl (C=O) groups excluding carboxylic acids is 1. The molecule has 2 aromatic carbocycles. The zero-order valence-electron chi connectivity index (χ0n) is 14.2. The number of carbonyl (C=O) groups is 1. The fraction of sp³-hybridized carbons (Fsp3) is 0.100. The molecule has 130 valence electrons. The summed E-state index contributed by atoms with van der Waals surface area (Å²) in [5.74, 6) is 0.679. The smallest absolute Gasteiger partial charge is 0.228 e. The molecule has 0 aliphatic rings. The van der Waals surface area contributed by atoms with Crippen molar-refractivity contribution in [3.8, 4) is 17.0 Å². The molecule has 0 saturated carbocycles. The predicted molar refractivity (Wildman–Crippen MR) is 104 cm³/mol. The molecule has 4 aromatic rings. The number of hydrogen-bond donors (Lipinski definition) is 1. The number of rotatable bonds is 5. The van der Waals surface area contributed by atoms with Crippen molar-refractivity contribution in [2.45, 2.75) is 6.42 Å². The van der Waals surface area contributed by atoms with Crippen molar-refractivity contribution in [3.63, 3.8) is 0 Å². The van der Waals surface area contributed by atoms with Crippen LogP contribution in [0.3, 0.4) is 0 Å². The Morgan fingerprint density at radius 2 is 2.12 bits per heavy atom. The standard InChI is InChI=1S/C20H17N3O2S/c1-25-17-7-2-4-14(10-17)11-19(24)21-16-6-3-5-15(12-16)18-13-23-8-9-26-20(23)22-18/h2-10,12-13H,11H2,1H3,(H,21,24). The van der Waals surface area contributed by atoms with E-state index in [1.54, 1.807) is 18.4 Å². The second kappa shape index (κ2) is 7.01. The van der Waals surface area contributed by atoms with Crippen LogP contribution in [-0.2, 0) is 11.2 Å². The number of imidazole rings is 1. The molecule has 4 rings (SSSR count). The molecule has 0 unspecified atom stereocenters. The van der Waals surface area contributed by atoms with Gasteiger partial charge in [-0.3, -0.25) is 9.20 Å². The Labute approximate surface area is 154 Å². The molecule has 0 saturated heterocycles. The molecule has 0 fully saturated rings. The minimum Gasteiger partial charge on any atom is -0.497 e. The van der Waals surface area contributed by atoms with Gasteiger partial charge in [-0.05, 0) is 29.8 Å². The first-order valence-corrected chi connectivity index (χ1v) is 9.05. The monoisotopic (exact) mass is 363 g/mol. The van der Waals surface area contributed by atoms with E-state index in [0.717, 1.165) is 33.2 Å². The van der Waals surface area contributed by atoms with Crippen LogP contribution in [0.25, 0.3) is 16.2 Å². The van der Waals surface area contributed by atoms with Crippen LogP contribution in [0.5, 0.6) is 5.75 Å². The topological polar surface area (TPSA) is 55.6 Å². The molecule has 0 atom stereocenters. The molecular formula is C20H17N3O2S. The van der Waals surface area contributed by atoms with Crippen molar-refractivity contribution in [1.82, 2.24) is 9.38 Å². The van der Waals surface area contributed by atoms with E-state index in [4.69, 9.17) is 4.74 Å². The van der Waals surface area contributed by atoms with Crippen molar-refractivity contribution < 1.29 is 9.53 Å². The Morgan fingerprint density at radius 1 is 1.23 bits per heavy atom. The molecule has 0 aliphatic carbocycles. The number of methoxy groups -OCH3 is 1. The third-order valence-electron chi connectivity index (χ3n) is 4.03. The lowest BCUT2D eigenvalue weighted by Gasteiger charge is -2.08. The first-order valence-electron chi connectivity index (χ1n) is 8.17. The third kappa shape index (κ3) is 3.45. The van der Waals surface area contributed by atoms with Crippen LogP contribution in [0.1, 0.15) is 5.56 Å². The van der Waals surface area contributed by atoms with Gasteiger partial charge in [-0.25, -0.2) is 4.98 Å². The van der Waals surface area contributed by atoms with Gasteiger partial charge in [0.05, 0.1) is 19.2 Å². The highest BCUT2D eigenvalue weighted by molar-refractivity contribution is 7.15. The Balaban J connectivity index is 1.49. The maximum atomic E-state index is 12.4. The highest BCUT2D eigenvalue weighted by atomic mass is 32.1. The predicted octanol–water partition coefficient (Wildman–Crippen LogP) is 4.25. The number of anilines is 1. The number of thiazole rings is 1. The van der Waals surface area contributed by atoms with Crippen LogP contribution in [0.15, 0.2) is 66.3 Å². The second-order valence-electron chi connectivity index (χ2n) is 5.88. The van der Waals surface area contributed by atoms with Gasteiger partial charge in [-0.1, -0.05) is 24.3 Å². The van der Waals surface area contributed by atoms with E-state index in [9.17, 15) is 4.79 Å². The number of benzene rings is 2. The third-order valence-corrected chi connectivity index (χ3v) is 4.80. The highest BCUT2D eigenvalue weighted by Crippen LogP contribution is 2.24. The van der Waals surface area contributed by atoms with Gasteiger partial charge >= 0.3 is 0 Å². The molecule has 0 aliphatic heterocycles. The minimum atomic E-state index is -0.0683. The van der Waals surface area contributed by atoms with Gasteiger partial charge in [-0.2, -0.15) is 0 Å². The highest BCUT2D eigenvalue weighted by Gasteiger charge is 2.08. The zero-order chi connectivity index (χ0) is 17.9. The fourth-order valence-corrected chi connectivity index (χ4v) is 3.50. The van der Waals surface area contributed by atoms with E-state index in [1.165, 1.54) is 0 Å². The first kappa shape index (κ1) is 16.4. The number of ether oxygens (including phenoxy) is 1. The molecule has 6 heteroatoms. The van der Waals surface area contributed by atoms with Crippen LogP contribution >= 0.6 is 11.3 Å². The Bertz CT molecular complexity index is 1040. The lowest BCUT2D eigenvalue weighted by molar-refractivity contribution is -0.115. The molecule has 0 spiro atoms. The van der Waals surface area contributed by atoms with Crippen molar-refractivity contribution in [2.24, 2.45) is 0 Å². The van der Waals surface area contributed by atoms with Crippen LogP contribution < -0.4 is 10.1 Å². The molecule has 2 heterocycles. The minimum absolute atomic E-state index is 0.0683. The molecule has 2 aromatic heterocycles. The summed E-state index contributed by atoms with van der Waals surface area (Å²) in [5.41, 5.74) is 3.53. The second-order valence-corrected chi connectivity index (χ2v) is 6.75. The van der Waals surface area contributed by atoms with E-state index in [2.05, 4.69) is 10.3 Å². The zero-order valence-corrected chi connectivity index (χ0v) is 15.0. The fourth-order valence-electron chi connectivity index (χ4n) is 2.80. The lowest BCUT2D eigenvalue weighted by Crippen LogP contribution is -2.14. The quantitative estimate of drug-likeness (QED) is 0.577. The van der Waals surface area contributed by atoms with E-state index in [0.29, 0.717) is 6.42 Å². The molecule has 5 nitrogen and oxygen atoms in total. The number of aromatic nitrogens is 2. The van der Waals surface area contributed by atoms with Crippen molar-refractivity contribution in [2.75, 3.05) is 12.4 Å². The van der Waals surface area contributed by atoms with Gasteiger partial charge in [-0.15, -0.1) is 11.3 Å². The largest absolute Gasteiger partial charge is 0.497 e. The summed E-state index contributed by atoms with van der Waals surface area (Å²) in [7, 11) is 1.62. The summed E-state index contributed by atoms with van der Waals surface area (Å²) in [5, 5.41) is 4.96. The van der Waals surface area contributed by atoms with Gasteiger partial charge in [0.15, 0.2) is 4.96 Å². The summed E-state index contributed by atoms with van der Waals surface area (Å²) in [6, 6.07) is 15.3. The van der Waals surface area contributed by atoms with Crippen LogP contribution in [0.2, 0.25) is 0 Å². The number of nitrogens with zero attached hydrogens (tertiary/aromatic N) is 2. The number of amides is 1. The number of hydrogen-bond acceptors (Lipinski definition) is 4. The molecular weight excluding hydrogens is 346 g/mol. The first-order chi connectivity index (χ1) is 12.7. The Kier molecular flexibility index (Phi) is 4.41. The van der Waals surface area contributed by atoms with E-state index in [1.807, 2.05) is 70.7 Å². The average Bonchev–Trinajstić information content (AvgIpc) is 3.24. The summed E-state index contributed by atoms with van der Waals surface area (Å²) in [4.78, 5) is 17.9. The van der Waals surface area contributed by atoms with Gasteiger partial charge in [0.1, 0.15) is 5.75 Å². The molecule has 26 heavy (non-hydrogen) atoms. The van der Waals surface area contributed by atoms with E-state index in [-0.39, 0.29) is 5.91 Å². The maximum Gasteiger partial charge on any atom is 0.228 e. The number of nitrogens with one attached hydrogen (secondary N) is 1. The summed E-state index contributed by atoms with van der Waals surface area (Å²) < 4.78 is 7.19. The van der Waals surface area contributed by atoms with Crippen LogP contribution in [0.4, 0.5) is 5.69 Å². The van der Waals surface area contributed by atoms with Crippen LogP contribution in [0, 0.1) is 0 Å². The van der Waals surface area contributed by atoms with Crippen molar-refractivity contribution in [1.29, 1.82) is 0 Å². The number of fused-ring (bicyclic) bond motifs is 1. The Hall–Kier alpha value is -3.12. The van der Waals surface area contributed by atoms with E-state index >= 15 is 0 Å². The summed E-state index contributed by atoms with van der Waals surface area (Å²) in [6.45, 7) is 0. The average molecular weight is 363 g/mol. The molecule has 0 radical (unpaired) electrons. The van der Waals surface area contributed by atoms with Gasteiger partial charge in [0.2, 0.25) is 5.91 Å². The lowest BCUT2D eigenvalue weighted by atomic mass is 10.1. The van der Waals surface area contributed by atoms with Gasteiger partial charge in [0, 0.05) is 29.0 Å². The summed E-state index contributed by atoms with van der Waals surface area (Å²) >= 11 is 1.59. The van der Waals surface area contributed by atoms with Gasteiger partial charge in [0.25, 0.3) is 0 Å². The molecule has 1 N–H and O–H groups in total. The van der Waals surface area contributed by atoms with Crippen LogP contribution in [-0.4, -0.2) is 22.4 Å². The van der Waals surface area contributed by atoms with Crippen molar-refractivity contribution >= 4 is 27.9 Å². The van der Waals surface area contributed by atoms with Crippen molar-refractivity contribution in [3.05, 3.63) is 71.9 Å². The molecule has 0 bridgehead atoms. The normalized spacial score (nSPS) is 10.8. The molecule has 1 amide bonds. The summed E-state index contributed by atoms with van der Waals surface area (Å²) in [6.07, 6.45) is 4.26. The Morgan fingerprint density at radius 3 is 2.96 bits per heavy atom. The maximum absolute atomic E-state index is 12.4. The van der Waals surface area contributed by atoms with Gasteiger partial charge < -0.3 is 10.1 Å². The SMILES string of the molecule is COc1cccc(CC(=O)Nc2cccc(-c3cn4ccsc4n3)c2)c1.